The van der Waals surface area contributed by atoms with Crippen LogP contribution in [0.5, 0.6) is 0 Å². The van der Waals surface area contributed by atoms with E-state index >= 15 is 0 Å². The van der Waals surface area contributed by atoms with Gasteiger partial charge in [0.15, 0.2) is 0 Å². The topological polar surface area (TPSA) is 81.1 Å². The highest BCUT2D eigenvalue weighted by molar-refractivity contribution is 5.77. The van der Waals surface area contributed by atoms with Crippen molar-refractivity contribution < 1.29 is 9.90 Å². The largest absolute Gasteiger partial charge is 0.480 e. The van der Waals surface area contributed by atoms with Crippen molar-refractivity contribution in [2.45, 2.75) is 31.2 Å². The maximum atomic E-state index is 10.9. The number of carboxylic acids is 1. The maximum Gasteiger partial charge on any atom is 0.321 e. The lowest BCUT2D eigenvalue weighted by Crippen LogP contribution is -2.42. The lowest BCUT2D eigenvalue weighted by Gasteiger charge is -2.18. The van der Waals surface area contributed by atoms with E-state index in [1.807, 2.05) is 20.2 Å². The Morgan fingerprint density at radius 1 is 1.73 bits per heavy atom. The summed E-state index contributed by atoms with van der Waals surface area (Å²) in [6.07, 6.45) is 3.56. The van der Waals surface area contributed by atoms with Gasteiger partial charge in [-0.15, -0.1) is 0 Å². The van der Waals surface area contributed by atoms with Crippen LogP contribution >= 0.6 is 0 Å². The van der Waals surface area contributed by atoms with Crippen molar-refractivity contribution in [2.75, 3.05) is 0 Å². The van der Waals surface area contributed by atoms with Crippen molar-refractivity contribution in [3.63, 3.8) is 0 Å². The number of aliphatic carboxylic acids is 1. The van der Waals surface area contributed by atoms with Gasteiger partial charge in [0.25, 0.3) is 0 Å². The molecule has 1 unspecified atom stereocenters. The van der Waals surface area contributed by atoms with Crippen molar-refractivity contribution in [3.8, 4) is 0 Å². The molecule has 0 aromatic carbocycles. The standard InChI is InChI=1S/C10H15N3O2/c1-6-7(5-13(2)12-6)10(3-4-10)8(11)9(14)15/h5,8H,3-4,11H2,1-2H3,(H,14,15). The number of nitrogens with zero attached hydrogens (tertiary/aromatic N) is 2. The summed E-state index contributed by atoms with van der Waals surface area (Å²) in [4.78, 5) is 10.9. The van der Waals surface area contributed by atoms with Gasteiger partial charge in [-0.1, -0.05) is 0 Å². The van der Waals surface area contributed by atoms with E-state index in [4.69, 9.17) is 10.8 Å². The predicted octanol–water partition coefficient (Wildman–Crippen LogP) is 0.172. The SMILES string of the molecule is Cc1nn(C)cc1C1(C(N)C(=O)O)CC1. The fraction of sp³-hybridized carbons (Fsp3) is 0.600. The second-order valence-corrected chi connectivity index (χ2v) is 4.27. The second kappa shape index (κ2) is 3.06. The minimum absolute atomic E-state index is 0.371. The average molecular weight is 209 g/mol. The fourth-order valence-electron chi connectivity index (χ4n) is 2.21. The highest BCUT2D eigenvalue weighted by atomic mass is 16.4. The lowest BCUT2D eigenvalue weighted by atomic mass is 9.89. The zero-order chi connectivity index (χ0) is 11.2. The minimum Gasteiger partial charge on any atom is -0.480 e. The molecule has 0 amide bonds. The van der Waals surface area contributed by atoms with Crippen molar-refractivity contribution in [2.24, 2.45) is 12.8 Å². The third-order valence-corrected chi connectivity index (χ3v) is 3.20. The van der Waals surface area contributed by atoms with E-state index in [2.05, 4.69) is 5.10 Å². The van der Waals surface area contributed by atoms with Crippen LogP contribution in [0, 0.1) is 6.92 Å². The number of aromatic nitrogens is 2. The van der Waals surface area contributed by atoms with E-state index in [1.165, 1.54) is 0 Å². The van der Waals surface area contributed by atoms with E-state index in [0.717, 1.165) is 24.1 Å². The van der Waals surface area contributed by atoms with Gasteiger partial charge in [-0.25, -0.2) is 0 Å². The Balaban J connectivity index is 2.38. The van der Waals surface area contributed by atoms with Gasteiger partial charge in [-0.05, 0) is 19.8 Å². The van der Waals surface area contributed by atoms with Crippen LogP contribution in [0.25, 0.3) is 0 Å². The highest BCUT2D eigenvalue weighted by Crippen LogP contribution is 2.51. The number of carbonyl (C=O) groups is 1. The normalized spacial score (nSPS) is 19.9. The van der Waals surface area contributed by atoms with Crippen molar-refractivity contribution >= 4 is 5.97 Å². The third-order valence-electron chi connectivity index (χ3n) is 3.20. The van der Waals surface area contributed by atoms with Crippen LogP contribution in [-0.2, 0) is 17.3 Å². The average Bonchev–Trinajstić information content (AvgIpc) is 2.87. The number of nitrogens with two attached hydrogens (primary N) is 1. The summed E-state index contributed by atoms with van der Waals surface area (Å²) in [5, 5.41) is 13.2. The zero-order valence-corrected chi connectivity index (χ0v) is 8.90. The molecule has 3 N–H and O–H groups in total. The summed E-state index contributed by atoms with van der Waals surface area (Å²) in [5.41, 5.74) is 7.23. The molecule has 0 bridgehead atoms. The molecule has 0 spiro atoms. The van der Waals surface area contributed by atoms with Gasteiger partial charge in [-0.2, -0.15) is 5.10 Å². The van der Waals surface area contributed by atoms with Crippen LogP contribution < -0.4 is 5.73 Å². The number of hydrogen-bond donors (Lipinski definition) is 2. The first-order valence-corrected chi connectivity index (χ1v) is 4.96. The molecule has 1 atom stereocenters. The summed E-state index contributed by atoms with van der Waals surface area (Å²) in [5.74, 6) is -0.934. The molecule has 1 fully saturated rings. The molecule has 1 aliphatic rings. The number of hydrogen-bond acceptors (Lipinski definition) is 3. The van der Waals surface area contributed by atoms with E-state index < -0.39 is 12.0 Å². The van der Waals surface area contributed by atoms with E-state index in [0.29, 0.717) is 0 Å². The Morgan fingerprint density at radius 2 is 2.33 bits per heavy atom. The summed E-state index contributed by atoms with van der Waals surface area (Å²) in [7, 11) is 1.83. The maximum absolute atomic E-state index is 10.9. The molecule has 1 saturated carbocycles. The first-order chi connectivity index (χ1) is 6.97. The summed E-state index contributed by atoms with van der Waals surface area (Å²) in [6.45, 7) is 1.89. The molecule has 0 saturated heterocycles. The van der Waals surface area contributed by atoms with Crippen molar-refractivity contribution in [3.05, 3.63) is 17.5 Å². The Hall–Kier alpha value is -1.36. The van der Waals surface area contributed by atoms with E-state index in [9.17, 15) is 4.79 Å². The Labute approximate surface area is 87.9 Å². The molecule has 0 radical (unpaired) electrons. The second-order valence-electron chi connectivity index (χ2n) is 4.27. The fourth-order valence-corrected chi connectivity index (χ4v) is 2.21. The molecule has 5 nitrogen and oxygen atoms in total. The lowest BCUT2D eigenvalue weighted by molar-refractivity contribution is -0.139. The van der Waals surface area contributed by atoms with Gasteiger partial charge in [-0.3, -0.25) is 9.48 Å². The van der Waals surface area contributed by atoms with Gasteiger partial charge < -0.3 is 10.8 Å². The molecule has 1 aromatic heterocycles. The van der Waals surface area contributed by atoms with Crippen LogP contribution in [0.15, 0.2) is 6.20 Å². The number of carboxylic acid groups (broad SMARTS) is 1. The molecular formula is C10H15N3O2. The van der Waals surface area contributed by atoms with Crippen LogP contribution in [-0.4, -0.2) is 26.9 Å². The molecule has 82 valence electrons. The molecule has 0 aliphatic heterocycles. The highest BCUT2D eigenvalue weighted by Gasteiger charge is 2.53. The van der Waals surface area contributed by atoms with Crippen LogP contribution in [0.3, 0.4) is 0 Å². The quantitative estimate of drug-likeness (QED) is 0.743. The van der Waals surface area contributed by atoms with Crippen molar-refractivity contribution in [1.29, 1.82) is 0 Å². The third kappa shape index (κ3) is 1.43. The molecule has 5 heteroatoms. The molecule has 15 heavy (non-hydrogen) atoms. The predicted molar refractivity (Wildman–Crippen MR) is 54.5 cm³/mol. The molecule has 1 heterocycles. The Morgan fingerprint density at radius 3 is 2.67 bits per heavy atom. The summed E-state index contributed by atoms with van der Waals surface area (Å²) >= 11 is 0. The monoisotopic (exact) mass is 209 g/mol. The summed E-state index contributed by atoms with van der Waals surface area (Å²) < 4.78 is 1.71. The van der Waals surface area contributed by atoms with Crippen LogP contribution in [0.2, 0.25) is 0 Å². The van der Waals surface area contributed by atoms with Crippen molar-refractivity contribution in [1.82, 2.24) is 9.78 Å². The number of aryl methyl sites for hydroxylation is 2. The van der Waals surface area contributed by atoms with Gasteiger partial charge in [0.2, 0.25) is 0 Å². The van der Waals surface area contributed by atoms with E-state index in [1.54, 1.807) is 4.68 Å². The first kappa shape index (κ1) is 10.2. The smallest absolute Gasteiger partial charge is 0.321 e. The van der Waals surface area contributed by atoms with Crippen LogP contribution in [0.4, 0.5) is 0 Å². The van der Waals surface area contributed by atoms with Gasteiger partial charge >= 0.3 is 5.97 Å². The molecule has 2 rings (SSSR count). The zero-order valence-electron chi connectivity index (χ0n) is 8.90. The molecule has 1 aliphatic carbocycles. The van der Waals surface area contributed by atoms with E-state index in [-0.39, 0.29) is 5.41 Å². The van der Waals surface area contributed by atoms with Crippen LogP contribution in [0.1, 0.15) is 24.1 Å². The number of rotatable bonds is 3. The van der Waals surface area contributed by atoms with Gasteiger partial charge in [0.1, 0.15) is 6.04 Å². The molecule has 1 aromatic rings. The first-order valence-electron chi connectivity index (χ1n) is 4.96. The minimum atomic E-state index is -0.934. The molecular weight excluding hydrogens is 194 g/mol. The summed E-state index contributed by atoms with van der Waals surface area (Å²) in [6, 6.07) is -0.819. The Kier molecular flexibility index (Phi) is 2.08. The van der Waals surface area contributed by atoms with Gasteiger partial charge in [0, 0.05) is 24.2 Å². The van der Waals surface area contributed by atoms with Gasteiger partial charge in [0.05, 0.1) is 5.69 Å². The Bertz CT molecular complexity index is 407.